The Bertz CT molecular complexity index is 653. The van der Waals surface area contributed by atoms with E-state index in [4.69, 9.17) is 11.2 Å². The number of hydrogen-bond donors (Lipinski definition) is 2. The Morgan fingerprint density at radius 3 is 2.92 bits per heavy atom. The molecule has 1 fully saturated rings. The molecule has 1 saturated heterocycles. The third-order valence-corrected chi connectivity index (χ3v) is 4.42. The molecule has 132 valence electrons. The molecule has 3 rings (SSSR count). The molecule has 2 N–H and O–H groups in total. The number of carbonyl (C=O) groups excluding carboxylic acids is 1. The summed E-state index contributed by atoms with van der Waals surface area (Å²) in [7, 11) is 0. The predicted molar refractivity (Wildman–Crippen MR) is 94.3 cm³/mol. The van der Waals surface area contributed by atoms with Crippen LogP contribution in [-0.4, -0.2) is 42.4 Å². The third kappa shape index (κ3) is 5.00. The van der Waals surface area contributed by atoms with E-state index in [2.05, 4.69) is 31.8 Å². The van der Waals surface area contributed by atoms with Crippen LogP contribution >= 0.6 is 0 Å². The lowest BCUT2D eigenvalue weighted by Crippen LogP contribution is -2.28. The van der Waals surface area contributed by atoms with Gasteiger partial charge in [-0.3, -0.25) is 4.79 Å². The Morgan fingerprint density at radius 2 is 2.28 bits per heavy atom. The summed E-state index contributed by atoms with van der Waals surface area (Å²) < 4.78 is 5.56. The maximum absolute atomic E-state index is 12.2. The molecular weight excluding hydrogens is 318 g/mol. The lowest BCUT2D eigenvalue weighted by molar-refractivity contribution is 0.0951. The van der Waals surface area contributed by atoms with Crippen molar-refractivity contribution in [1.29, 1.82) is 0 Å². The highest BCUT2D eigenvalue weighted by molar-refractivity contribution is 5.94. The summed E-state index contributed by atoms with van der Waals surface area (Å²) in [4.78, 5) is 16.4. The molecule has 1 aromatic rings. The molecule has 0 aromatic carbocycles. The van der Waals surface area contributed by atoms with Gasteiger partial charge in [0.05, 0.1) is 11.7 Å². The first-order valence-electron chi connectivity index (χ1n) is 8.68. The minimum Gasteiger partial charge on any atom is -0.376 e. The van der Waals surface area contributed by atoms with Crippen LogP contribution in [0.3, 0.4) is 0 Å². The maximum Gasteiger partial charge on any atom is 0.252 e. The number of rotatable bonds is 9. The van der Waals surface area contributed by atoms with Crippen molar-refractivity contribution in [2.45, 2.75) is 43.9 Å². The fourth-order valence-electron chi connectivity index (χ4n) is 2.80. The molecular formula is C18H23N5O2. The van der Waals surface area contributed by atoms with Gasteiger partial charge in [0.15, 0.2) is 5.66 Å². The molecule has 1 aromatic heterocycles. The topological polar surface area (TPSA) is 88.0 Å². The zero-order chi connectivity index (χ0) is 17.5. The first-order valence-corrected chi connectivity index (χ1v) is 8.68. The Kier molecular flexibility index (Phi) is 5.61. The molecule has 0 saturated carbocycles. The van der Waals surface area contributed by atoms with E-state index in [0.717, 1.165) is 38.2 Å². The molecule has 0 aliphatic carbocycles. The first kappa shape index (κ1) is 17.4. The van der Waals surface area contributed by atoms with E-state index in [1.54, 1.807) is 12.3 Å². The summed E-state index contributed by atoms with van der Waals surface area (Å²) in [6.45, 7) is 2.09. The number of carbonyl (C=O) groups is 1. The fourth-order valence-corrected chi connectivity index (χ4v) is 2.80. The summed E-state index contributed by atoms with van der Waals surface area (Å²) in [5.74, 6) is 3.19. The van der Waals surface area contributed by atoms with Crippen molar-refractivity contribution in [3.05, 3.63) is 23.9 Å². The van der Waals surface area contributed by atoms with Gasteiger partial charge in [0.2, 0.25) is 0 Å². The first-order chi connectivity index (χ1) is 12.2. The van der Waals surface area contributed by atoms with Crippen molar-refractivity contribution in [2.75, 3.05) is 25.0 Å². The van der Waals surface area contributed by atoms with Crippen LogP contribution in [0.2, 0.25) is 0 Å². The van der Waals surface area contributed by atoms with Gasteiger partial charge in [0.25, 0.3) is 5.91 Å². The molecule has 0 bridgehead atoms. The van der Waals surface area contributed by atoms with Crippen molar-refractivity contribution >= 4 is 11.7 Å². The standard InChI is InChI=1S/C18H23N5O2/c1-2-3-8-18(22-23-18)9-10-19-17(24)14-6-7-16(20-12-14)21-13-15-5-4-11-25-15/h1,6-7,12,15H,3-5,8-11,13H2,(H,19,24)(H,20,21). The van der Waals surface area contributed by atoms with E-state index in [1.807, 2.05) is 6.07 Å². The van der Waals surface area contributed by atoms with E-state index >= 15 is 0 Å². The minimum atomic E-state index is -0.367. The summed E-state index contributed by atoms with van der Waals surface area (Å²) >= 11 is 0. The third-order valence-electron chi connectivity index (χ3n) is 4.42. The van der Waals surface area contributed by atoms with E-state index in [0.29, 0.717) is 24.9 Å². The Morgan fingerprint density at radius 1 is 1.40 bits per heavy atom. The van der Waals surface area contributed by atoms with Crippen LogP contribution in [0.4, 0.5) is 5.82 Å². The van der Waals surface area contributed by atoms with Crippen molar-refractivity contribution < 1.29 is 9.53 Å². The summed E-state index contributed by atoms with van der Waals surface area (Å²) in [6, 6.07) is 3.57. The number of nitrogens with zero attached hydrogens (tertiary/aromatic N) is 3. The SMILES string of the molecule is C#CCCC1(CCNC(=O)c2ccc(NCC3CCCO3)nc2)N=N1. The Labute approximate surface area is 147 Å². The van der Waals surface area contributed by atoms with E-state index in [1.165, 1.54) is 0 Å². The molecule has 2 aliphatic rings. The largest absolute Gasteiger partial charge is 0.376 e. The molecule has 25 heavy (non-hydrogen) atoms. The molecule has 1 amide bonds. The molecule has 0 spiro atoms. The normalized spacial score (nSPS) is 20.0. The number of aromatic nitrogens is 1. The lowest BCUT2D eigenvalue weighted by Gasteiger charge is -2.12. The second kappa shape index (κ2) is 8.08. The molecule has 7 nitrogen and oxygen atoms in total. The Balaban J connectivity index is 1.39. The van der Waals surface area contributed by atoms with Gasteiger partial charge in [-0.15, -0.1) is 12.3 Å². The minimum absolute atomic E-state index is 0.147. The van der Waals surface area contributed by atoms with E-state index in [-0.39, 0.29) is 17.7 Å². The number of hydrogen-bond acceptors (Lipinski definition) is 6. The molecule has 3 heterocycles. The van der Waals surface area contributed by atoms with Gasteiger partial charge in [0, 0.05) is 45.2 Å². The maximum atomic E-state index is 12.2. The summed E-state index contributed by atoms with van der Waals surface area (Å²) in [5, 5.41) is 14.2. The van der Waals surface area contributed by atoms with Crippen molar-refractivity contribution in [1.82, 2.24) is 10.3 Å². The van der Waals surface area contributed by atoms with Gasteiger partial charge in [-0.25, -0.2) is 4.98 Å². The number of terminal acetylenes is 1. The predicted octanol–water partition coefficient (Wildman–Crippen LogP) is 2.37. The molecule has 1 unspecified atom stereocenters. The van der Waals surface area contributed by atoms with Crippen LogP contribution in [0.5, 0.6) is 0 Å². The molecule has 0 radical (unpaired) electrons. The molecule has 7 heteroatoms. The number of nitrogens with one attached hydrogen (secondary N) is 2. The number of pyridine rings is 1. The van der Waals surface area contributed by atoms with E-state index in [9.17, 15) is 4.79 Å². The van der Waals surface area contributed by atoms with Gasteiger partial charge >= 0.3 is 0 Å². The number of anilines is 1. The van der Waals surface area contributed by atoms with Gasteiger partial charge in [-0.2, -0.15) is 10.2 Å². The van der Waals surface area contributed by atoms with Crippen LogP contribution < -0.4 is 10.6 Å². The number of ether oxygens (including phenoxy) is 1. The highest BCUT2D eigenvalue weighted by atomic mass is 16.5. The average Bonchev–Trinajstić information content (AvgIpc) is 3.20. The fraction of sp³-hybridized carbons (Fsp3) is 0.556. The van der Waals surface area contributed by atoms with Crippen LogP contribution in [0.25, 0.3) is 0 Å². The second-order valence-electron chi connectivity index (χ2n) is 6.34. The smallest absolute Gasteiger partial charge is 0.252 e. The van der Waals surface area contributed by atoms with E-state index < -0.39 is 0 Å². The van der Waals surface area contributed by atoms with Crippen molar-refractivity contribution in [3.8, 4) is 12.3 Å². The van der Waals surface area contributed by atoms with Crippen LogP contribution in [0.15, 0.2) is 28.6 Å². The second-order valence-corrected chi connectivity index (χ2v) is 6.34. The quantitative estimate of drug-likeness (QED) is 0.675. The van der Waals surface area contributed by atoms with Gasteiger partial charge in [-0.05, 0) is 25.0 Å². The summed E-state index contributed by atoms with van der Waals surface area (Å²) in [6.07, 6.45) is 11.3. The van der Waals surface area contributed by atoms with Crippen LogP contribution in [-0.2, 0) is 4.74 Å². The van der Waals surface area contributed by atoms with Crippen LogP contribution in [0, 0.1) is 12.3 Å². The van der Waals surface area contributed by atoms with Crippen LogP contribution in [0.1, 0.15) is 42.5 Å². The lowest BCUT2D eigenvalue weighted by atomic mass is 10.0. The number of amides is 1. The molecule has 2 aliphatic heterocycles. The van der Waals surface area contributed by atoms with Gasteiger partial charge in [0.1, 0.15) is 5.82 Å². The summed E-state index contributed by atoms with van der Waals surface area (Å²) in [5.41, 5.74) is 0.165. The highest BCUT2D eigenvalue weighted by Crippen LogP contribution is 2.36. The zero-order valence-corrected chi connectivity index (χ0v) is 14.2. The van der Waals surface area contributed by atoms with Crippen molar-refractivity contribution in [2.24, 2.45) is 10.2 Å². The highest BCUT2D eigenvalue weighted by Gasteiger charge is 2.38. The monoisotopic (exact) mass is 341 g/mol. The molecule has 1 atom stereocenters. The Hall–Kier alpha value is -2.46. The van der Waals surface area contributed by atoms with Gasteiger partial charge in [-0.1, -0.05) is 0 Å². The van der Waals surface area contributed by atoms with Crippen molar-refractivity contribution in [3.63, 3.8) is 0 Å². The van der Waals surface area contributed by atoms with Gasteiger partial charge < -0.3 is 15.4 Å². The zero-order valence-electron chi connectivity index (χ0n) is 14.2. The average molecular weight is 341 g/mol.